The van der Waals surface area contributed by atoms with Crippen LogP contribution in [0.2, 0.25) is 0 Å². The highest BCUT2D eigenvalue weighted by atomic mass is 32.1. The molecule has 1 aliphatic rings. The molecule has 0 radical (unpaired) electrons. The first-order chi connectivity index (χ1) is 12.1. The molecule has 3 aromatic heterocycles. The number of nitrogens with zero attached hydrogens (tertiary/aromatic N) is 3. The molecule has 6 nitrogen and oxygen atoms in total. The van der Waals surface area contributed by atoms with Gasteiger partial charge in [0, 0.05) is 36.3 Å². The number of aryl methyl sites for hydroxylation is 4. The second kappa shape index (κ2) is 6.68. The number of aromatic amines is 1. The molecule has 25 heavy (non-hydrogen) atoms. The van der Waals surface area contributed by atoms with E-state index < -0.39 is 0 Å². The van der Waals surface area contributed by atoms with Gasteiger partial charge in [-0.05, 0) is 31.2 Å². The van der Waals surface area contributed by atoms with Gasteiger partial charge in [-0.3, -0.25) is 9.59 Å². The van der Waals surface area contributed by atoms with Gasteiger partial charge in [0.1, 0.15) is 10.7 Å². The molecule has 0 unspecified atom stereocenters. The van der Waals surface area contributed by atoms with Gasteiger partial charge in [0.05, 0.1) is 5.39 Å². The first-order valence-corrected chi connectivity index (χ1v) is 10.0. The number of carbonyl (C=O) groups excluding carboxylic acids is 1. The van der Waals surface area contributed by atoms with Crippen molar-refractivity contribution in [1.29, 1.82) is 0 Å². The van der Waals surface area contributed by atoms with Gasteiger partial charge in [0.2, 0.25) is 5.91 Å². The summed E-state index contributed by atoms with van der Waals surface area (Å²) in [6.07, 6.45) is 6.82. The summed E-state index contributed by atoms with van der Waals surface area (Å²) in [6, 6.07) is 0. The lowest BCUT2D eigenvalue weighted by molar-refractivity contribution is -0.118. The summed E-state index contributed by atoms with van der Waals surface area (Å²) >= 11 is 3.05. The molecule has 1 amide bonds. The largest absolute Gasteiger partial charge is 0.327 e. The van der Waals surface area contributed by atoms with Crippen molar-refractivity contribution in [2.24, 2.45) is 12.0 Å². The number of hydrogen-bond acceptors (Lipinski definition) is 5. The molecule has 0 aromatic carbocycles. The normalized spacial score (nSPS) is 14.8. The molecule has 8 heteroatoms. The fourth-order valence-corrected chi connectivity index (χ4v) is 5.18. The maximum absolute atomic E-state index is 12.5. The molecular weight excluding hydrogens is 356 g/mol. The van der Waals surface area contributed by atoms with E-state index in [0.29, 0.717) is 17.0 Å². The number of hydrogen-bond donors (Lipinski definition) is 1. The minimum atomic E-state index is -0.203. The Morgan fingerprint density at radius 2 is 2.24 bits per heavy atom. The highest BCUT2D eigenvalue weighted by Gasteiger charge is 2.19. The van der Waals surface area contributed by atoms with E-state index in [0.717, 1.165) is 29.5 Å². The Morgan fingerprint density at radius 1 is 1.40 bits per heavy atom. The Bertz CT molecular complexity index is 1070. The van der Waals surface area contributed by atoms with Crippen LogP contribution in [0.4, 0.5) is 0 Å². The predicted molar refractivity (Wildman–Crippen MR) is 99.1 cm³/mol. The second-order valence-corrected chi connectivity index (χ2v) is 8.16. The van der Waals surface area contributed by atoms with Gasteiger partial charge in [0.25, 0.3) is 5.56 Å². The summed E-state index contributed by atoms with van der Waals surface area (Å²) < 4.78 is 1.81. The van der Waals surface area contributed by atoms with Crippen molar-refractivity contribution in [3.05, 3.63) is 43.0 Å². The molecule has 0 spiro atoms. The van der Waals surface area contributed by atoms with E-state index >= 15 is 0 Å². The summed E-state index contributed by atoms with van der Waals surface area (Å²) in [5.41, 5.74) is 1.11. The Hall–Kier alpha value is -2.06. The molecule has 130 valence electrons. The lowest BCUT2D eigenvalue weighted by Crippen LogP contribution is -2.15. The smallest absolute Gasteiger partial charge is 0.259 e. The Balaban J connectivity index is 1.57. The van der Waals surface area contributed by atoms with Crippen LogP contribution in [0.5, 0.6) is 0 Å². The molecule has 1 N–H and O–H groups in total. The van der Waals surface area contributed by atoms with Gasteiger partial charge in [0.15, 0.2) is 4.80 Å². The topological polar surface area (TPSA) is 80.1 Å². The van der Waals surface area contributed by atoms with Crippen LogP contribution in [-0.2, 0) is 31.1 Å². The van der Waals surface area contributed by atoms with Crippen LogP contribution < -0.4 is 10.4 Å². The quantitative estimate of drug-likeness (QED) is 0.764. The summed E-state index contributed by atoms with van der Waals surface area (Å²) in [4.78, 5) is 38.9. The number of fused-ring (bicyclic) bond motifs is 3. The van der Waals surface area contributed by atoms with E-state index in [1.807, 2.05) is 23.2 Å². The van der Waals surface area contributed by atoms with Crippen molar-refractivity contribution >= 4 is 38.8 Å². The lowest BCUT2D eigenvalue weighted by Gasteiger charge is -2.09. The van der Waals surface area contributed by atoms with Crippen LogP contribution in [0.25, 0.3) is 10.2 Å². The maximum atomic E-state index is 12.5. The van der Waals surface area contributed by atoms with Gasteiger partial charge in [-0.15, -0.1) is 22.7 Å². The number of carbonyl (C=O) groups is 1. The number of rotatable bonds is 3. The SMILES string of the molecule is Cn1ccsc1=NC(=O)CCc1nc2sc3c(c2c(=O)[nH]1)CCCC3. The van der Waals surface area contributed by atoms with Gasteiger partial charge < -0.3 is 9.55 Å². The van der Waals surface area contributed by atoms with Gasteiger partial charge in [-0.2, -0.15) is 4.99 Å². The summed E-state index contributed by atoms with van der Waals surface area (Å²) in [6.45, 7) is 0. The van der Waals surface area contributed by atoms with Crippen LogP contribution in [0.1, 0.15) is 35.5 Å². The van der Waals surface area contributed by atoms with E-state index in [2.05, 4.69) is 15.0 Å². The summed E-state index contributed by atoms with van der Waals surface area (Å²) in [5.74, 6) is 0.362. The first-order valence-electron chi connectivity index (χ1n) is 8.33. The van der Waals surface area contributed by atoms with Crippen LogP contribution in [0.3, 0.4) is 0 Å². The van der Waals surface area contributed by atoms with Crippen molar-refractivity contribution in [2.45, 2.75) is 38.5 Å². The monoisotopic (exact) mass is 374 g/mol. The fourth-order valence-electron chi connectivity index (χ4n) is 3.15. The van der Waals surface area contributed by atoms with E-state index in [4.69, 9.17) is 0 Å². The Morgan fingerprint density at radius 3 is 3.04 bits per heavy atom. The molecule has 0 saturated heterocycles. The van der Waals surface area contributed by atoms with E-state index in [1.165, 1.54) is 28.2 Å². The molecule has 0 fully saturated rings. The molecule has 0 aliphatic heterocycles. The Labute approximate surface area is 151 Å². The summed E-state index contributed by atoms with van der Waals surface area (Å²) in [7, 11) is 1.86. The van der Waals surface area contributed by atoms with E-state index in [-0.39, 0.29) is 17.9 Å². The van der Waals surface area contributed by atoms with Gasteiger partial charge in [-0.25, -0.2) is 4.98 Å². The van der Waals surface area contributed by atoms with Crippen LogP contribution in [0.15, 0.2) is 21.4 Å². The fraction of sp³-hybridized carbons (Fsp3) is 0.412. The molecule has 1 aliphatic carbocycles. The number of thiophene rings is 1. The average molecular weight is 374 g/mol. The average Bonchev–Trinajstić information content (AvgIpc) is 3.16. The zero-order valence-corrected chi connectivity index (χ0v) is 15.5. The molecular formula is C17H18N4O2S2. The third kappa shape index (κ3) is 3.23. The number of nitrogens with one attached hydrogen (secondary N) is 1. The van der Waals surface area contributed by atoms with E-state index in [9.17, 15) is 9.59 Å². The van der Waals surface area contributed by atoms with Crippen molar-refractivity contribution in [2.75, 3.05) is 0 Å². The third-order valence-electron chi connectivity index (χ3n) is 4.43. The zero-order valence-electron chi connectivity index (χ0n) is 13.9. The maximum Gasteiger partial charge on any atom is 0.259 e. The standard InChI is InChI=1S/C17H18N4O2S2/c1-21-8-9-24-17(21)20-13(22)7-6-12-18-15(23)14-10-4-2-3-5-11(10)25-16(14)19-12/h8-9H,2-7H2,1H3,(H,18,19,23). The minimum Gasteiger partial charge on any atom is -0.327 e. The second-order valence-electron chi connectivity index (χ2n) is 6.21. The van der Waals surface area contributed by atoms with Crippen LogP contribution in [0, 0.1) is 0 Å². The highest BCUT2D eigenvalue weighted by Crippen LogP contribution is 2.33. The number of amides is 1. The van der Waals surface area contributed by atoms with Crippen molar-refractivity contribution in [3.63, 3.8) is 0 Å². The van der Waals surface area contributed by atoms with Gasteiger partial charge >= 0.3 is 0 Å². The minimum absolute atomic E-state index is 0.0755. The molecule has 3 heterocycles. The van der Waals surface area contributed by atoms with Crippen LogP contribution in [-0.4, -0.2) is 20.4 Å². The molecule has 0 bridgehead atoms. The van der Waals surface area contributed by atoms with E-state index in [1.54, 1.807) is 11.3 Å². The van der Waals surface area contributed by atoms with Gasteiger partial charge in [-0.1, -0.05) is 0 Å². The number of H-pyrrole nitrogens is 1. The number of aromatic nitrogens is 3. The lowest BCUT2D eigenvalue weighted by atomic mass is 9.97. The van der Waals surface area contributed by atoms with Crippen molar-refractivity contribution in [3.8, 4) is 0 Å². The highest BCUT2D eigenvalue weighted by molar-refractivity contribution is 7.18. The molecule has 0 atom stereocenters. The third-order valence-corrected chi connectivity index (χ3v) is 6.46. The predicted octanol–water partition coefficient (Wildman–Crippen LogP) is 2.32. The summed E-state index contributed by atoms with van der Waals surface area (Å²) in [5, 5.41) is 2.64. The Kier molecular flexibility index (Phi) is 4.39. The zero-order chi connectivity index (χ0) is 17.4. The molecule has 0 saturated carbocycles. The first kappa shape index (κ1) is 16.4. The number of thiazole rings is 1. The molecule has 4 rings (SSSR count). The van der Waals surface area contributed by atoms with Crippen LogP contribution >= 0.6 is 22.7 Å². The van der Waals surface area contributed by atoms with Crippen molar-refractivity contribution < 1.29 is 4.79 Å². The van der Waals surface area contributed by atoms with Crippen molar-refractivity contribution in [1.82, 2.24) is 14.5 Å². The molecule has 3 aromatic rings.